The normalized spacial score (nSPS) is 11.3. The quantitative estimate of drug-likeness (QED) is 0.343. The topological polar surface area (TPSA) is 97.0 Å². The van der Waals surface area contributed by atoms with Gasteiger partial charge in [-0.3, -0.25) is 4.68 Å². The molecule has 0 aliphatic heterocycles. The molecule has 0 N–H and O–H groups in total. The van der Waals surface area contributed by atoms with Gasteiger partial charge in [0.1, 0.15) is 11.0 Å². The zero-order valence-corrected chi connectivity index (χ0v) is 19.2. The third-order valence-corrected chi connectivity index (χ3v) is 5.61. The molecule has 0 radical (unpaired) electrons. The maximum atomic E-state index is 11.9. The molecule has 3 aromatic heterocycles. The molecule has 5 aromatic rings. The molecule has 9 nitrogen and oxygen atoms in total. The number of methoxy groups -OCH3 is 1. The van der Waals surface area contributed by atoms with Gasteiger partial charge in [-0.25, -0.2) is 14.5 Å². The Hall–Kier alpha value is -4.27. The number of benzene rings is 2. The molecule has 0 saturated heterocycles. The van der Waals surface area contributed by atoms with Crippen LogP contribution in [0.15, 0.2) is 55.0 Å². The maximum absolute atomic E-state index is 11.9. The molecule has 3 heterocycles. The van der Waals surface area contributed by atoms with Gasteiger partial charge in [0, 0.05) is 12.7 Å². The summed E-state index contributed by atoms with van der Waals surface area (Å²) in [4.78, 5) is 21.0. The Bertz CT molecular complexity index is 1500. The second-order valence-corrected chi connectivity index (χ2v) is 7.96. The Kier molecular flexibility index (Phi) is 5.67. The van der Waals surface area contributed by atoms with E-state index in [1.807, 2.05) is 4.68 Å². The fourth-order valence-corrected chi connectivity index (χ4v) is 3.93. The minimum absolute atomic E-state index is 0.282. The van der Waals surface area contributed by atoms with E-state index in [1.54, 1.807) is 20.2 Å². The number of nitrogens with zero attached hydrogens (tertiary/aromatic N) is 6. The van der Waals surface area contributed by atoms with Gasteiger partial charge in [-0.1, -0.05) is 42.0 Å². The molecular formula is C25H24N6O3. The Labute approximate surface area is 196 Å². The van der Waals surface area contributed by atoms with Crippen LogP contribution in [0.2, 0.25) is 0 Å². The lowest BCUT2D eigenvalue weighted by Crippen LogP contribution is -2.08. The van der Waals surface area contributed by atoms with Crippen molar-refractivity contribution in [3.8, 4) is 11.8 Å². The van der Waals surface area contributed by atoms with E-state index in [0.29, 0.717) is 35.6 Å². The minimum atomic E-state index is -0.446. The first kappa shape index (κ1) is 21.6. The van der Waals surface area contributed by atoms with Crippen LogP contribution < -0.4 is 4.74 Å². The van der Waals surface area contributed by atoms with Crippen molar-refractivity contribution in [2.45, 2.75) is 26.8 Å². The first-order chi connectivity index (χ1) is 16.6. The molecule has 172 valence electrons. The Balaban J connectivity index is 1.41. The molecule has 2 aromatic carbocycles. The van der Waals surface area contributed by atoms with Gasteiger partial charge >= 0.3 is 5.97 Å². The van der Waals surface area contributed by atoms with Crippen LogP contribution in [-0.2, 0) is 17.7 Å². The number of hydrogen-bond acceptors (Lipinski definition) is 7. The molecule has 0 amide bonds. The van der Waals surface area contributed by atoms with Gasteiger partial charge in [-0.05, 0) is 36.6 Å². The molecule has 0 saturated carbocycles. The Morgan fingerprint density at radius 3 is 2.68 bits per heavy atom. The van der Waals surface area contributed by atoms with E-state index in [2.05, 4.69) is 63.5 Å². The predicted molar refractivity (Wildman–Crippen MR) is 127 cm³/mol. The van der Waals surface area contributed by atoms with Crippen molar-refractivity contribution in [2.24, 2.45) is 0 Å². The van der Waals surface area contributed by atoms with Crippen LogP contribution in [0, 0.1) is 6.92 Å². The second kappa shape index (κ2) is 8.93. The summed E-state index contributed by atoms with van der Waals surface area (Å²) in [6, 6.07) is 13.0. The number of hydrogen-bond donors (Lipinski definition) is 0. The minimum Gasteiger partial charge on any atom is -0.479 e. The molecule has 0 atom stereocenters. The van der Waals surface area contributed by atoms with E-state index in [9.17, 15) is 4.79 Å². The van der Waals surface area contributed by atoms with Gasteiger partial charge < -0.3 is 9.47 Å². The summed E-state index contributed by atoms with van der Waals surface area (Å²) in [6.45, 7) is 4.79. The summed E-state index contributed by atoms with van der Waals surface area (Å²) in [6.07, 6.45) is 5.44. The number of carbonyl (C=O) groups excluding carboxylic acids is 1. The monoisotopic (exact) mass is 456 g/mol. The summed E-state index contributed by atoms with van der Waals surface area (Å²) in [7, 11) is 1.56. The smallest absolute Gasteiger partial charge is 0.341 e. The summed E-state index contributed by atoms with van der Waals surface area (Å²) in [5.74, 6) is 0.224. The van der Waals surface area contributed by atoms with E-state index in [4.69, 9.17) is 9.47 Å². The number of ether oxygens (including phenoxy) is 2. The third kappa shape index (κ3) is 4.07. The Morgan fingerprint density at radius 2 is 1.85 bits per heavy atom. The zero-order chi connectivity index (χ0) is 23.7. The summed E-state index contributed by atoms with van der Waals surface area (Å²) < 4.78 is 13.8. The van der Waals surface area contributed by atoms with Crippen LogP contribution in [0.1, 0.15) is 28.4 Å². The van der Waals surface area contributed by atoms with Crippen LogP contribution in [0.4, 0.5) is 0 Å². The highest BCUT2D eigenvalue weighted by molar-refractivity contribution is 5.89. The highest BCUT2D eigenvalue weighted by Gasteiger charge is 2.17. The number of carbonyl (C=O) groups is 1. The fourth-order valence-electron chi connectivity index (χ4n) is 3.93. The molecule has 0 aliphatic rings. The summed E-state index contributed by atoms with van der Waals surface area (Å²) >= 11 is 0. The fraction of sp³-hybridized carbons (Fsp3) is 0.240. The van der Waals surface area contributed by atoms with Crippen LogP contribution in [-0.4, -0.2) is 49.2 Å². The number of rotatable bonds is 7. The SMILES string of the molecule is CCOC(=O)c1cnn(-c2nc(OC)c3c(cnn3CCc3ccc4cc(C)ccc4c3)n2)c1. The largest absolute Gasteiger partial charge is 0.479 e. The summed E-state index contributed by atoms with van der Waals surface area (Å²) in [5.41, 5.74) is 4.14. The maximum Gasteiger partial charge on any atom is 0.341 e. The van der Waals surface area contributed by atoms with Crippen LogP contribution >= 0.6 is 0 Å². The van der Waals surface area contributed by atoms with Crippen molar-refractivity contribution in [2.75, 3.05) is 13.7 Å². The number of aromatic nitrogens is 6. The van der Waals surface area contributed by atoms with E-state index in [0.717, 1.165) is 6.42 Å². The van der Waals surface area contributed by atoms with E-state index in [-0.39, 0.29) is 5.95 Å². The van der Waals surface area contributed by atoms with Gasteiger partial charge in [0.15, 0.2) is 0 Å². The van der Waals surface area contributed by atoms with Crippen LogP contribution in [0.3, 0.4) is 0 Å². The standard InChI is InChI=1S/C25H24N6O3/c1-4-34-24(32)20-13-26-31(15-20)25-28-21-14-27-30(22(21)23(29-25)33-3)10-9-17-6-8-18-11-16(2)5-7-19(18)12-17/h5-8,11-15H,4,9-10H2,1-3H3. The zero-order valence-electron chi connectivity index (χ0n) is 19.2. The van der Waals surface area contributed by atoms with Crippen molar-refractivity contribution in [1.82, 2.24) is 29.5 Å². The summed E-state index contributed by atoms with van der Waals surface area (Å²) in [5, 5.41) is 11.2. The van der Waals surface area contributed by atoms with Gasteiger partial charge in [0.05, 0.1) is 31.7 Å². The van der Waals surface area contributed by atoms with E-state index < -0.39 is 5.97 Å². The van der Waals surface area contributed by atoms with E-state index >= 15 is 0 Å². The second-order valence-electron chi connectivity index (χ2n) is 7.96. The molecule has 5 rings (SSSR count). The lowest BCUT2D eigenvalue weighted by Gasteiger charge is -2.09. The highest BCUT2D eigenvalue weighted by atomic mass is 16.5. The average molecular weight is 457 g/mol. The molecular weight excluding hydrogens is 432 g/mol. The molecule has 0 fully saturated rings. The van der Waals surface area contributed by atoms with Crippen molar-refractivity contribution in [3.05, 3.63) is 71.7 Å². The van der Waals surface area contributed by atoms with Gasteiger partial charge in [-0.2, -0.15) is 15.2 Å². The third-order valence-electron chi connectivity index (χ3n) is 5.61. The van der Waals surface area contributed by atoms with E-state index in [1.165, 1.54) is 39.0 Å². The van der Waals surface area contributed by atoms with Crippen molar-refractivity contribution in [3.63, 3.8) is 0 Å². The first-order valence-electron chi connectivity index (χ1n) is 11.0. The number of aryl methyl sites for hydroxylation is 3. The van der Waals surface area contributed by atoms with Gasteiger partial charge in [0.2, 0.25) is 5.88 Å². The molecule has 0 aliphatic carbocycles. The number of esters is 1. The van der Waals surface area contributed by atoms with Gasteiger partial charge in [-0.15, -0.1) is 0 Å². The van der Waals surface area contributed by atoms with Gasteiger partial charge in [0.25, 0.3) is 5.95 Å². The predicted octanol–water partition coefficient (Wildman–Crippen LogP) is 3.90. The molecule has 0 spiro atoms. The molecule has 34 heavy (non-hydrogen) atoms. The van der Waals surface area contributed by atoms with Crippen LogP contribution in [0.5, 0.6) is 5.88 Å². The van der Waals surface area contributed by atoms with Crippen LogP contribution in [0.25, 0.3) is 27.8 Å². The lowest BCUT2D eigenvalue weighted by molar-refractivity contribution is 0.0526. The molecule has 0 unspecified atom stereocenters. The van der Waals surface area contributed by atoms with Crippen molar-refractivity contribution >= 4 is 27.8 Å². The Morgan fingerprint density at radius 1 is 1.03 bits per heavy atom. The van der Waals surface area contributed by atoms with Crippen molar-refractivity contribution < 1.29 is 14.3 Å². The first-order valence-corrected chi connectivity index (χ1v) is 11.0. The highest BCUT2D eigenvalue weighted by Crippen LogP contribution is 2.24. The lowest BCUT2D eigenvalue weighted by atomic mass is 10.0. The molecule has 9 heteroatoms. The average Bonchev–Trinajstić information content (AvgIpc) is 3.50. The molecule has 0 bridgehead atoms. The number of fused-ring (bicyclic) bond motifs is 2. The van der Waals surface area contributed by atoms with Crippen molar-refractivity contribution in [1.29, 1.82) is 0 Å².